The number of hydrogen-bond donors (Lipinski definition) is 1. The van der Waals surface area contributed by atoms with E-state index in [0.29, 0.717) is 12.2 Å². The van der Waals surface area contributed by atoms with Crippen molar-refractivity contribution >= 4 is 29.6 Å². The number of carbonyl (C=O) groups is 3. The normalized spacial score (nSPS) is 12.7. The van der Waals surface area contributed by atoms with Crippen molar-refractivity contribution in [2.45, 2.75) is 70.7 Å². The fourth-order valence-electron chi connectivity index (χ4n) is 3.53. The minimum atomic E-state index is -0.892. The molecular formula is C28H37ClN2O6. The molecule has 0 saturated heterocycles. The molecule has 0 aromatic heterocycles. The van der Waals surface area contributed by atoms with Crippen molar-refractivity contribution < 1.29 is 28.6 Å². The van der Waals surface area contributed by atoms with Gasteiger partial charge in [0.2, 0.25) is 5.91 Å². The van der Waals surface area contributed by atoms with E-state index in [2.05, 4.69) is 5.32 Å². The van der Waals surface area contributed by atoms with E-state index >= 15 is 0 Å². The Bertz CT molecular complexity index is 1010. The topological polar surface area (TPSA) is 94.2 Å². The lowest BCUT2D eigenvalue weighted by molar-refractivity contribution is -0.165. The summed E-state index contributed by atoms with van der Waals surface area (Å²) in [5, 5.41) is 1.85. The van der Waals surface area contributed by atoms with Gasteiger partial charge in [0, 0.05) is 13.1 Å². The molecule has 2 amide bonds. The predicted octanol–water partition coefficient (Wildman–Crippen LogP) is 5.07. The lowest BCUT2D eigenvalue weighted by Crippen LogP contribution is -2.49. The van der Waals surface area contributed by atoms with Crippen LogP contribution in [0.2, 0.25) is 0 Å². The number of nitrogens with zero attached hydrogens (tertiary/aromatic N) is 1. The van der Waals surface area contributed by atoms with E-state index < -0.39 is 29.1 Å². The van der Waals surface area contributed by atoms with Crippen molar-refractivity contribution in [3.63, 3.8) is 0 Å². The third-order valence-electron chi connectivity index (χ3n) is 5.33. The van der Waals surface area contributed by atoms with Gasteiger partial charge in [-0.05, 0) is 63.8 Å². The Kier molecular flexibility index (Phi) is 11.7. The summed E-state index contributed by atoms with van der Waals surface area (Å²) in [7, 11) is 1.57. The Balaban J connectivity index is 2.09. The highest BCUT2D eigenvalue weighted by atomic mass is 35.5. The maximum Gasteiger partial charge on any atom is 0.407 e. The summed E-state index contributed by atoms with van der Waals surface area (Å²) in [5.41, 5.74) is 0.948. The smallest absolute Gasteiger partial charge is 0.407 e. The summed E-state index contributed by atoms with van der Waals surface area (Å²) >= 11 is 6.17. The van der Waals surface area contributed by atoms with Crippen LogP contribution in [0.25, 0.3) is 0 Å². The molecule has 1 N–H and O–H groups in total. The number of methoxy groups -OCH3 is 1. The first kappa shape index (κ1) is 30.0. The fourth-order valence-corrected chi connectivity index (χ4v) is 3.65. The SMILES string of the molecule is COc1ccc(CN(C(=O)[C@H](C)Cl)[C@@H](CCCNC(=O)OCc2ccccc2)C(=O)OC(C)(C)C)cc1. The molecule has 0 aliphatic rings. The molecule has 2 aromatic carbocycles. The average Bonchev–Trinajstić information content (AvgIpc) is 2.85. The first-order valence-electron chi connectivity index (χ1n) is 12.2. The minimum Gasteiger partial charge on any atom is -0.497 e. The van der Waals surface area contributed by atoms with Crippen LogP contribution in [-0.4, -0.2) is 53.5 Å². The summed E-state index contributed by atoms with van der Waals surface area (Å²) in [6.07, 6.45) is 0.116. The van der Waals surface area contributed by atoms with Crippen LogP contribution < -0.4 is 10.1 Å². The second-order valence-corrected chi connectivity index (χ2v) is 10.3. The zero-order chi connectivity index (χ0) is 27.4. The van der Waals surface area contributed by atoms with Gasteiger partial charge in [0.25, 0.3) is 0 Å². The molecule has 0 fully saturated rings. The minimum absolute atomic E-state index is 0.158. The molecule has 0 radical (unpaired) electrons. The zero-order valence-electron chi connectivity index (χ0n) is 22.2. The van der Waals surface area contributed by atoms with E-state index in [0.717, 1.165) is 11.1 Å². The molecule has 2 rings (SSSR count). The molecule has 202 valence electrons. The van der Waals surface area contributed by atoms with Crippen molar-refractivity contribution in [3.05, 3.63) is 65.7 Å². The number of rotatable bonds is 12. The van der Waals surface area contributed by atoms with Crippen LogP contribution in [0.4, 0.5) is 4.79 Å². The number of benzene rings is 2. The van der Waals surface area contributed by atoms with E-state index in [1.807, 2.05) is 42.5 Å². The first-order valence-corrected chi connectivity index (χ1v) is 12.7. The predicted molar refractivity (Wildman–Crippen MR) is 142 cm³/mol. The number of carbonyl (C=O) groups excluding carboxylic acids is 3. The summed E-state index contributed by atoms with van der Waals surface area (Å²) in [5.74, 6) is -0.233. The van der Waals surface area contributed by atoms with Crippen LogP contribution in [0, 0.1) is 0 Å². The largest absolute Gasteiger partial charge is 0.497 e. The van der Waals surface area contributed by atoms with E-state index in [1.54, 1.807) is 46.9 Å². The lowest BCUT2D eigenvalue weighted by atomic mass is 10.1. The number of alkyl halides is 1. The summed E-state index contributed by atoms with van der Waals surface area (Å²) in [6.45, 7) is 7.46. The molecule has 0 spiro atoms. The van der Waals surface area contributed by atoms with Crippen molar-refractivity contribution in [2.24, 2.45) is 0 Å². The summed E-state index contributed by atoms with van der Waals surface area (Å²) in [4.78, 5) is 39.9. The third-order valence-corrected chi connectivity index (χ3v) is 5.51. The van der Waals surface area contributed by atoms with Gasteiger partial charge < -0.3 is 24.4 Å². The number of nitrogens with one attached hydrogen (secondary N) is 1. The second kappa shape index (κ2) is 14.5. The van der Waals surface area contributed by atoms with Crippen molar-refractivity contribution in [1.82, 2.24) is 10.2 Å². The molecule has 0 unspecified atom stereocenters. The Morgan fingerprint density at radius 1 is 1.00 bits per heavy atom. The van der Waals surface area contributed by atoms with Crippen LogP contribution in [0.3, 0.4) is 0 Å². The molecule has 37 heavy (non-hydrogen) atoms. The summed E-state index contributed by atoms with van der Waals surface area (Å²) < 4.78 is 16.1. The maximum atomic E-state index is 13.2. The number of amides is 2. The standard InChI is InChI=1S/C28H37ClN2O6/c1-20(29)25(32)31(18-21-13-15-23(35-5)16-14-21)24(26(33)37-28(2,3)4)12-9-17-30-27(34)36-19-22-10-7-6-8-11-22/h6-8,10-11,13-16,20,24H,9,12,17-19H2,1-5H3,(H,30,34)/t20-,24-/m0/s1. The number of esters is 1. The first-order chi connectivity index (χ1) is 17.5. The van der Waals surface area contributed by atoms with Crippen LogP contribution >= 0.6 is 11.6 Å². The average molecular weight is 533 g/mol. The Morgan fingerprint density at radius 3 is 2.22 bits per heavy atom. The molecule has 0 heterocycles. The van der Waals surface area contributed by atoms with Gasteiger partial charge in [0.05, 0.1) is 7.11 Å². The molecule has 8 nitrogen and oxygen atoms in total. The highest BCUT2D eigenvalue weighted by Gasteiger charge is 2.34. The number of ether oxygens (including phenoxy) is 3. The van der Waals surface area contributed by atoms with Crippen molar-refractivity contribution in [1.29, 1.82) is 0 Å². The van der Waals surface area contributed by atoms with Crippen LogP contribution in [0.5, 0.6) is 5.75 Å². The zero-order valence-corrected chi connectivity index (χ0v) is 22.9. The molecule has 0 aliphatic heterocycles. The fraction of sp³-hybridized carbons (Fsp3) is 0.464. The van der Waals surface area contributed by atoms with Gasteiger partial charge in [0.15, 0.2) is 0 Å². The molecule has 9 heteroatoms. The van der Waals surface area contributed by atoms with Gasteiger partial charge in [-0.2, -0.15) is 0 Å². The molecule has 0 saturated carbocycles. The second-order valence-electron chi connectivity index (χ2n) is 9.61. The van der Waals surface area contributed by atoms with Gasteiger partial charge in [-0.3, -0.25) is 4.79 Å². The Hall–Kier alpha value is -3.26. The van der Waals surface area contributed by atoms with E-state index in [1.165, 1.54) is 4.90 Å². The quantitative estimate of drug-likeness (QED) is 0.233. The molecule has 2 atom stereocenters. The van der Waals surface area contributed by atoms with Gasteiger partial charge in [-0.15, -0.1) is 11.6 Å². The van der Waals surface area contributed by atoms with Gasteiger partial charge in [-0.1, -0.05) is 42.5 Å². The number of alkyl carbamates (subject to hydrolysis) is 1. The van der Waals surface area contributed by atoms with Crippen LogP contribution in [0.15, 0.2) is 54.6 Å². The number of hydrogen-bond acceptors (Lipinski definition) is 6. The van der Waals surface area contributed by atoms with E-state index in [-0.39, 0.29) is 32.0 Å². The third kappa shape index (κ3) is 10.7. The molecule has 0 aliphatic carbocycles. The molecular weight excluding hydrogens is 496 g/mol. The van der Waals surface area contributed by atoms with Crippen LogP contribution in [0.1, 0.15) is 51.7 Å². The Morgan fingerprint density at radius 2 is 1.65 bits per heavy atom. The van der Waals surface area contributed by atoms with Crippen LogP contribution in [-0.2, 0) is 32.2 Å². The van der Waals surface area contributed by atoms with E-state index in [9.17, 15) is 14.4 Å². The Labute approximate surface area is 224 Å². The van der Waals surface area contributed by atoms with Gasteiger partial charge in [-0.25, -0.2) is 9.59 Å². The highest BCUT2D eigenvalue weighted by Crippen LogP contribution is 2.21. The van der Waals surface area contributed by atoms with Gasteiger partial charge >= 0.3 is 12.1 Å². The van der Waals surface area contributed by atoms with E-state index in [4.69, 9.17) is 25.8 Å². The molecule has 0 bridgehead atoms. The highest BCUT2D eigenvalue weighted by molar-refractivity contribution is 6.30. The van der Waals surface area contributed by atoms with Crippen molar-refractivity contribution in [2.75, 3.05) is 13.7 Å². The van der Waals surface area contributed by atoms with Crippen molar-refractivity contribution in [3.8, 4) is 5.75 Å². The lowest BCUT2D eigenvalue weighted by Gasteiger charge is -2.33. The summed E-state index contributed by atoms with van der Waals surface area (Å²) in [6, 6.07) is 15.7. The van der Waals surface area contributed by atoms with Gasteiger partial charge in [0.1, 0.15) is 29.4 Å². The maximum absolute atomic E-state index is 13.2. The molecule has 2 aromatic rings. The number of halogens is 1. The monoisotopic (exact) mass is 532 g/mol.